The van der Waals surface area contributed by atoms with Crippen LogP contribution in [0.15, 0.2) is 53.4 Å². The van der Waals surface area contributed by atoms with E-state index in [2.05, 4.69) is 10.2 Å². The SMILES string of the molecule is Cc1ccc(-c2ccc(N3CCN(S(=O)(=O)c4cc(C(F)(F)F)cc(C(F)(F)F)c4)CC3)nn2)cc1C. The number of halogens is 6. The van der Waals surface area contributed by atoms with Crippen LogP contribution in [0, 0.1) is 13.8 Å². The van der Waals surface area contributed by atoms with Crippen LogP contribution in [-0.2, 0) is 22.4 Å². The lowest BCUT2D eigenvalue weighted by atomic mass is 10.0. The predicted molar refractivity (Wildman–Crippen MR) is 124 cm³/mol. The van der Waals surface area contributed by atoms with E-state index in [1.807, 2.05) is 32.0 Å². The Morgan fingerprint density at radius 1 is 0.730 bits per heavy atom. The van der Waals surface area contributed by atoms with Crippen LogP contribution in [0.5, 0.6) is 0 Å². The number of hydrogen-bond acceptors (Lipinski definition) is 5. The van der Waals surface area contributed by atoms with E-state index in [-0.39, 0.29) is 44.4 Å². The van der Waals surface area contributed by atoms with E-state index in [1.165, 1.54) is 0 Å². The van der Waals surface area contributed by atoms with Crippen molar-refractivity contribution in [1.29, 1.82) is 0 Å². The van der Waals surface area contributed by atoms with Crippen LogP contribution in [0.2, 0.25) is 0 Å². The van der Waals surface area contributed by atoms with Gasteiger partial charge in [0.2, 0.25) is 10.0 Å². The molecule has 1 fully saturated rings. The molecule has 0 saturated carbocycles. The van der Waals surface area contributed by atoms with Crippen LogP contribution in [0.1, 0.15) is 22.3 Å². The standard InChI is InChI=1S/C24H22F6N4O2S/c1-15-3-4-17(11-16(15)2)21-5-6-22(32-31-21)33-7-9-34(10-8-33)37(35,36)20-13-18(23(25,26)27)12-19(14-20)24(28,29)30/h3-6,11-14H,7-10H2,1-2H3. The molecular weight excluding hydrogens is 522 g/mol. The molecule has 37 heavy (non-hydrogen) atoms. The fourth-order valence-corrected chi connectivity index (χ4v) is 5.42. The second-order valence-corrected chi connectivity index (χ2v) is 10.6. The third kappa shape index (κ3) is 5.72. The van der Waals surface area contributed by atoms with Gasteiger partial charge in [0.05, 0.1) is 21.7 Å². The molecule has 1 aliphatic rings. The normalized spacial score (nSPS) is 15.7. The maximum atomic E-state index is 13.2. The third-order valence-corrected chi connectivity index (χ3v) is 8.09. The number of alkyl halides is 6. The van der Waals surface area contributed by atoms with Gasteiger partial charge in [-0.25, -0.2) is 8.42 Å². The number of sulfonamides is 1. The van der Waals surface area contributed by atoms with Crippen LogP contribution in [0.25, 0.3) is 11.3 Å². The van der Waals surface area contributed by atoms with Gasteiger partial charge in [-0.3, -0.25) is 0 Å². The number of rotatable bonds is 4. The van der Waals surface area contributed by atoms with Gasteiger partial charge in [0.25, 0.3) is 0 Å². The zero-order chi connectivity index (χ0) is 27.2. The number of piperazine rings is 1. The van der Waals surface area contributed by atoms with E-state index in [9.17, 15) is 34.8 Å². The molecule has 0 N–H and O–H groups in total. The fourth-order valence-electron chi connectivity index (χ4n) is 3.93. The quantitative estimate of drug-likeness (QED) is 0.417. The van der Waals surface area contributed by atoms with Crippen molar-refractivity contribution in [3.63, 3.8) is 0 Å². The highest BCUT2D eigenvalue weighted by Gasteiger charge is 2.39. The van der Waals surface area contributed by atoms with Crippen molar-refractivity contribution in [3.8, 4) is 11.3 Å². The number of hydrogen-bond donors (Lipinski definition) is 0. The van der Waals surface area contributed by atoms with Gasteiger partial charge in [0, 0.05) is 31.7 Å². The molecule has 1 aromatic heterocycles. The van der Waals surface area contributed by atoms with E-state index in [0.29, 0.717) is 11.5 Å². The first kappa shape index (κ1) is 26.9. The topological polar surface area (TPSA) is 66.4 Å². The second kappa shape index (κ2) is 9.60. The van der Waals surface area contributed by atoms with Gasteiger partial charge in [0.1, 0.15) is 0 Å². The molecule has 1 saturated heterocycles. The molecular formula is C24H22F6N4O2S. The number of aryl methyl sites for hydroxylation is 2. The number of anilines is 1. The molecule has 198 valence electrons. The first-order chi connectivity index (χ1) is 17.2. The van der Waals surface area contributed by atoms with Crippen molar-refractivity contribution in [1.82, 2.24) is 14.5 Å². The highest BCUT2D eigenvalue weighted by molar-refractivity contribution is 7.89. The lowest BCUT2D eigenvalue weighted by Crippen LogP contribution is -2.49. The van der Waals surface area contributed by atoms with E-state index >= 15 is 0 Å². The first-order valence-corrected chi connectivity index (χ1v) is 12.6. The second-order valence-electron chi connectivity index (χ2n) is 8.71. The van der Waals surface area contributed by atoms with Crippen molar-refractivity contribution in [2.75, 3.05) is 31.1 Å². The van der Waals surface area contributed by atoms with Gasteiger partial charge >= 0.3 is 12.4 Å². The molecule has 0 aliphatic carbocycles. The van der Waals surface area contributed by atoms with Crippen molar-refractivity contribution in [2.45, 2.75) is 31.1 Å². The largest absolute Gasteiger partial charge is 0.416 e. The van der Waals surface area contributed by atoms with Crippen molar-refractivity contribution < 1.29 is 34.8 Å². The molecule has 3 aromatic rings. The van der Waals surface area contributed by atoms with E-state index in [0.717, 1.165) is 21.0 Å². The van der Waals surface area contributed by atoms with Gasteiger partial charge in [-0.2, -0.15) is 30.6 Å². The molecule has 0 unspecified atom stereocenters. The van der Waals surface area contributed by atoms with E-state index in [4.69, 9.17) is 0 Å². The third-order valence-electron chi connectivity index (χ3n) is 6.21. The van der Waals surface area contributed by atoms with Gasteiger partial charge in [0.15, 0.2) is 5.82 Å². The summed E-state index contributed by atoms with van der Waals surface area (Å²) in [6, 6.07) is 9.75. The summed E-state index contributed by atoms with van der Waals surface area (Å²) in [5, 5.41) is 8.45. The van der Waals surface area contributed by atoms with Crippen LogP contribution in [0.3, 0.4) is 0 Å². The maximum absolute atomic E-state index is 13.2. The smallest absolute Gasteiger partial charge is 0.352 e. The summed E-state index contributed by atoms with van der Waals surface area (Å²) in [7, 11) is -4.61. The average Bonchev–Trinajstić information content (AvgIpc) is 2.84. The molecule has 1 aliphatic heterocycles. The fraction of sp³-hybridized carbons (Fsp3) is 0.333. The monoisotopic (exact) mass is 544 g/mol. The van der Waals surface area contributed by atoms with Gasteiger partial charge in [-0.05, 0) is 61.4 Å². The maximum Gasteiger partial charge on any atom is 0.416 e. The Bertz CT molecular complexity index is 1370. The summed E-state index contributed by atoms with van der Waals surface area (Å²) in [6.07, 6.45) is -10.3. The Morgan fingerprint density at radius 3 is 1.81 bits per heavy atom. The molecule has 0 radical (unpaired) electrons. The predicted octanol–water partition coefficient (Wildman–Crippen LogP) is 5.31. The number of aromatic nitrogens is 2. The highest BCUT2D eigenvalue weighted by Crippen LogP contribution is 2.38. The summed E-state index contributed by atoms with van der Waals surface area (Å²) in [4.78, 5) is 0.692. The lowest BCUT2D eigenvalue weighted by Gasteiger charge is -2.34. The highest BCUT2D eigenvalue weighted by atomic mass is 32.2. The number of benzene rings is 2. The minimum absolute atomic E-state index is 0.1000. The molecule has 6 nitrogen and oxygen atoms in total. The molecule has 0 amide bonds. The molecule has 2 heterocycles. The van der Waals surface area contributed by atoms with Crippen LogP contribution in [0.4, 0.5) is 32.2 Å². The Hall–Kier alpha value is -3.19. The summed E-state index contributed by atoms with van der Waals surface area (Å²) in [5.74, 6) is 0.475. The zero-order valence-corrected chi connectivity index (χ0v) is 20.5. The van der Waals surface area contributed by atoms with Gasteiger partial charge < -0.3 is 4.90 Å². The summed E-state index contributed by atoms with van der Waals surface area (Å²) in [6.45, 7) is 3.93. The molecule has 0 bridgehead atoms. The summed E-state index contributed by atoms with van der Waals surface area (Å²) >= 11 is 0. The van der Waals surface area contributed by atoms with Gasteiger partial charge in [-0.15, -0.1) is 10.2 Å². The molecule has 13 heteroatoms. The van der Waals surface area contributed by atoms with E-state index in [1.54, 1.807) is 17.0 Å². The Balaban J connectivity index is 1.51. The lowest BCUT2D eigenvalue weighted by molar-refractivity contribution is -0.143. The van der Waals surface area contributed by atoms with Gasteiger partial charge in [-0.1, -0.05) is 12.1 Å². The minimum Gasteiger partial charge on any atom is -0.352 e. The molecule has 0 spiro atoms. The Kier molecular flexibility index (Phi) is 6.97. The Labute approximate surface area is 209 Å². The first-order valence-electron chi connectivity index (χ1n) is 11.1. The molecule has 2 aromatic carbocycles. The van der Waals surface area contributed by atoms with Crippen molar-refractivity contribution in [2.24, 2.45) is 0 Å². The van der Waals surface area contributed by atoms with Crippen molar-refractivity contribution >= 4 is 15.8 Å². The van der Waals surface area contributed by atoms with Crippen LogP contribution < -0.4 is 4.90 Å². The summed E-state index contributed by atoms with van der Waals surface area (Å²) in [5.41, 5.74) is 0.414. The molecule has 0 atom stereocenters. The molecule has 4 rings (SSSR count). The van der Waals surface area contributed by atoms with E-state index < -0.39 is 38.4 Å². The van der Waals surface area contributed by atoms with Crippen LogP contribution >= 0.6 is 0 Å². The number of nitrogens with zero attached hydrogens (tertiary/aromatic N) is 4. The van der Waals surface area contributed by atoms with Crippen LogP contribution in [-0.4, -0.2) is 49.1 Å². The average molecular weight is 545 g/mol. The Morgan fingerprint density at radius 2 is 1.32 bits per heavy atom. The minimum atomic E-state index is -5.15. The zero-order valence-electron chi connectivity index (χ0n) is 19.7. The van der Waals surface area contributed by atoms with Crippen molar-refractivity contribution in [3.05, 3.63) is 70.8 Å². The summed E-state index contributed by atoms with van der Waals surface area (Å²) < 4.78 is 106.